The Balaban J connectivity index is 8.06. The van der Waals surface area contributed by atoms with Crippen LogP contribution in [0.15, 0.2) is 30.0 Å². The molecule has 34 nitrogen and oxygen atoms in total. The van der Waals surface area contributed by atoms with E-state index in [1.807, 2.05) is 0 Å². The molecule has 0 saturated heterocycles. The van der Waals surface area contributed by atoms with E-state index in [1.54, 1.807) is 0 Å². The highest BCUT2D eigenvalue weighted by atomic mass is 16.2. The van der Waals surface area contributed by atoms with Gasteiger partial charge >= 0.3 is 0 Å². The fourth-order valence-corrected chi connectivity index (χ4v) is 7.66. The smallest absolute Gasteiger partial charge is 0.237 e. The lowest BCUT2D eigenvalue weighted by Crippen LogP contribution is -2.69. The molecule has 39 N–H and O–H groups in total. The second-order valence-corrected chi connectivity index (χ2v) is 17.6. The zero-order valence-electron chi connectivity index (χ0n) is 43.5. The maximum absolute atomic E-state index is 15.3. The highest BCUT2D eigenvalue weighted by Crippen LogP contribution is 2.21. The number of carbonyl (C=O) groups excluding carboxylic acids is 6. The van der Waals surface area contributed by atoms with Gasteiger partial charge in [-0.25, -0.2) is 0 Å². The molecule has 0 heterocycles. The molecule has 0 aromatic carbocycles. The summed E-state index contributed by atoms with van der Waals surface area (Å²) in [6.07, 6.45) is 1.08. The summed E-state index contributed by atoms with van der Waals surface area (Å²) in [4.78, 5) is 112. The molecule has 0 aliphatic heterocycles. The number of nitrogens with one attached hydrogen (secondary N) is 3. The van der Waals surface area contributed by atoms with E-state index in [9.17, 15) is 14.4 Å². The number of aliphatic imine (C=N–C) groups is 6. The third-order valence-electron chi connectivity index (χ3n) is 11.5. The Kier molecular flexibility index (Phi) is 34.7. The van der Waals surface area contributed by atoms with Crippen LogP contribution in [-0.4, -0.2) is 189 Å². The average molecular weight is 1080 g/mol. The van der Waals surface area contributed by atoms with E-state index >= 15 is 14.4 Å². The summed E-state index contributed by atoms with van der Waals surface area (Å²) in [7, 11) is 0. The van der Waals surface area contributed by atoms with Crippen LogP contribution in [0.1, 0.15) is 77.0 Å². The summed E-state index contributed by atoms with van der Waals surface area (Å²) in [5.74, 6) is -5.97. The van der Waals surface area contributed by atoms with Crippen LogP contribution in [0, 0.1) is 0 Å². The predicted octanol–water partition coefficient (Wildman–Crippen LogP) is -11.3. The predicted molar refractivity (Wildman–Crippen MR) is 295 cm³/mol. The molecule has 0 aliphatic carbocycles. The van der Waals surface area contributed by atoms with Gasteiger partial charge < -0.3 is 119 Å². The van der Waals surface area contributed by atoms with Gasteiger partial charge in [0, 0.05) is 58.9 Å². The van der Waals surface area contributed by atoms with E-state index in [1.165, 1.54) is 0 Å². The Hall–Kier alpha value is -7.24. The van der Waals surface area contributed by atoms with Crippen molar-refractivity contribution >= 4 is 70.8 Å². The second-order valence-electron chi connectivity index (χ2n) is 17.6. The molecular weight excluding hydrogens is 993 g/mol. The molecule has 0 bridgehead atoms. The lowest BCUT2D eigenvalue weighted by atomic mass is 9.89. The Morgan fingerprint density at radius 3 is 0.684 bits per heavy atom. The molecule has 76 heavy (non-hydrogen) atoms. The van der Waals surface area contributed by atoms with Crippen molar-refractivity contribution in [3.05, 3.63) is 0 Å². The van der Waals surface area contributed by atoms with E-state index in [-0.39, 0.29) is 152 Å². The fraction of sp³-hybridized carbons (Fsp3) is 0.714. The van der Waals surface area contributed by atoms with E-state index in [0.29, 0.717) is 0 Å². The number of hydrogen-bond acceptors (Lipinski definition) is 19. The summed E-state index contributed by atoms with van der Waals surface area (Å²) >= 11 is 0. The number of amides is 3. The molecule has 9 unspecified atom stereocenters. The molecule has 0 aromatic heterocycles. The zero-order valence-corrected chi connectivity index (χ0v) is 43.5. The quantitative estimate of drug-likeness (QED) is 0.0153. The third-order valence-corrected chi connectivity index (χ3v) is 11.5. The molecule has 34 heteroatoms. The molecular formula is C42H90N28O6. The van der Waals surface area contributed by atoms with Crippen LogP contribution < -0.4 is 119 Å². The van der Waals surface area contributed by atoms with Gasteiger partial charge in [0.1, 0.15) is 0 Å². The number of hydrogen-bond donors (Lipinski definition) is 21. The minimum absolute atomic E-state index is 0.00664. The maximum Gasteiger partial charge on any atom is 0.237 e. The van der Waals surface area contributed by atoms with E-state index in [0.717, 1.165) is 4.90 Å². The number of Topliss-reactive ketones (excluding diaryl/α,β-unsaturated/α-hetero) is 3. The molecule has 0 aliphatic rings. The van der Waals surface area contributed by atoms with Crippen molar-refractivity contribution < 1.29 is 28.8 Å². The van der Waals surface area contributed by atoms with Gasteiger partial charge in [-0.2, -0.15) is 0 Å². The van der Waals surface area contributed by atoms with Crippen molar-refractivity contribution in [2.75, 3.05) is 58.9 Å². The zero-order chi connectivity index (χ0) is 57.9. The van der Waals surface area contributed by atoms with Crippen LogP contribution in [0.3, 0.4) is 0 Å². The Labute approximate surface area is 443 Å². The summed E-state index contributed by atoms with van der Waals surface area (Å²) in [5, 5.41) is 8.05. The second kappa shape index (κ2) is 38.3. The molecule has 0 saturated carbocycles. The molecule has 434 valence electrons. The number of ketones is 3. The fourth-order valence-electron chi connectivity index (χ4n) is 7.66. The van der Waals surface area contributed by atoms with Gasteiger partial charge in [0.2, 0.25) is 17.7 Å². The Morgan fingerprint density at radius 1 is 0.329 bits per heavy atom. The largest absolute Gasteiger partial charge is 0.370 e. The summed E-state index contributed by atoms with van der Waals surface area (Å²) in [6.45, 7) is -1.39. The molecule has 0 aromatic rings. The first-order valence-corrected chi connectivity index (χ1v) is 24.8. The van der Waals surface area contributed by atoms with Gasteiger partial charge in [-0.3, -0.25) is 63.6 Å². The Bertz CT molecular complexity index is 1760. The van der Waals surface area contributed by atoms with Crippen molar-refractivity contribution in [2.45, 2.75) is 131 Å². The van der Waals surface area contributed by atoms with Crippen molar-refractivity contribution in [2.24, 2.45) is 133 Å². The normalized spacial score (nSPS) is 14.6. The molecule has 0 spiro atoms. The molecule has 0 fully saturated rings. The molecule has 3 amide bonds. The summed E-state index contributed by atoms with van der Waals surface area (Å²) in [5.41, 5.74) is 104. The van der Waals surface area contributed by atoms with Crippen molar-refractivity contribution in [3.8, 4) is 0 Å². The summed E-state index contributed by atoms with van der Waals surface area (Å²) < 4.78 is 0. The van der Waals surface area contributed by atoms with Crippen molar-refractivity contribution in [1.82, 2.24) is 20.9 Å². The van der Waals surface area contributed by atoms with E-state index < -0.39 is 109 Å². The van der Waals surface area contributed by atoms with Crippen LogP contribution in [0.25, 0.3) is 0 Å². The van der Waals surface area contributed by atoms with E-state index in [2.05, 4.69) is 45.9 Å². The molecule has 0 rings (SSSR count). The van der Waals surface area contributed by atoms with Gasteiger partial charge in [-0.15, -0.1) is 0 Å². The minimum atomic E-state index is -1.67. The van der Waals surface area contributed by atoms with Crippen molar-refractivity contribution in [3.63, 3.8) is 0 Å². The number of rotatable bonds is 42. The van der Waals surface area contributed by atoms with Crippen LogP contribution in [-0.2, 0) is 28.8 Å². The minimum Gasteiger partial charge on any atom is -0.370 e. The van der Waals surface area contributed by atoms with Crippen LogP contribution in [0.4, 0.5) is 0 Å². The monoisotopic (exact) mass is 1080 g/mol. The lowest BCUT2D eigenvalue weighted by Gasteiger charge is -2.43. The number of nitrogens with zero attached hydrogens (tertiary/aromatic N) is 7. The lowest BCUT2D eigenvalue weighted by molar-refractivity contribution is -0.142. The molecule has 0 radical (unpaired) electrons. The SMILES string of the molecule is NCC(C(=O)C(CCCN=C(N)N)NC(=O)C(N)CCCN=C(N)N)N(C(CN)C(=O)C(CCCN=C(N)N)NC(=O)C(N)CCCN=C(N)N)C(CN)C(=O)C(CCCN=C(N)N)NC(=O)C(N)CCCN=C(N)N. The van der Waals surface area contributed by atoms with E-state index in [4.69, 9.17) is 103 Å². The van der Waals surface area contributed by atoms with Gasteiger partial charge in [0.15, 0.2) is 53.1 Å². The van der Waals surface area contributed by atoms with Crippen LogP contribution in [0.2, 0.25) is 0 Å². The van der Waals surface area contributed by atoms with Crippen LogP contribution >= 0.6 is 0 Å². The van der Waals surface area contributed by atoms with Gasteiger partial charge in [0.25, 0.3) is 0 Å². The highest BCUT2D eigenvalue weighted by Gasteiger charge is 2.46. The first kappa shape index (κ1) is 68.8. The number of guanidine groups is 6. The number of nitrogens with two attached hydrogens (primary N) is 18. The highest BCUT2D eigenvalue weighted by molar-refractivity contribution is 5.99. The van der Waals surface area contributed by atoms with Gasteiger partial charge in [-0.1, -0.05) is 0 Å². The van der Waals surface area contributed by atoms with Crippen molar-refractivity contribution in [1.29, 1.82) is 0 Å². The standard InChI is InChI=1S/C42H90N28O6/c43-19-28(31(71)25(10-4-16-64-40(55)56)67-34(74)22(46)7-1-13-61-37(49)50)70(29(20-44)32(72)26(11-5-17-65-41(57)58)68-35(75)23(47)8-2-14-62-38(51)52)30(21-45)33(73)27(12-6-18-66-42(59)60)69-36(76)24(48)9-3-15-63-39(53)54/h22-30H,1-21,43-48H2,(H,67,74)(H,68,75)(H,69,76)(H4,49,50,61)(H4,51,52,62)(H4,53,54,63)(H4,55,56,64)(H4,57,58,65)(H4,59,60,66). The number of carbonyl (C=O) groups is 6. The topological polar surface area (TPSA) is 684 Å². The first-order valence-electron chi connectivity index (χ1n) is 24.8. The maximum atomic E-state index is 15.3. The molecule has 9 atom stereocenters. The first-order chi connectivity index (χ1) is 35.8. The Morgan fingerprint density at radius 2 is 0.513 bits per heavy atom. The average Bonchev–Trinajstić information content (AvgIpc) is 3.35. The summed E-state index contributed by atoms with van der Waals surface area (Å²) in [6, 6.07) is -12.8. The van der Waals surface area contributed by atoms with Gasteiger partial charge in [-0.05, 0) is 77.0 Å². The third kappa shape index (κ3) is 28.4. The van der Waals surface area contributed by atoms with Gasteiger partial charge in [0.05, 0.1) is 54.4 Å². The van der Waals surface area contributed by atoms with Crippen LogP contribution in [0.5, 0.6) is 0 Å².